The van der Waals surface area contributed by atoms with Crippen molar-refractivity contribution < 1.29 is 0 Å². The molecule has 1 aliphatic heterocycles. The second-order valence-electron chi connectivity index (χ2n) is 6.39. The average Bonchev–Trinajstić information content (AvgIpc) is 3.28. The van der Waals surface area contributed by atoms with Crippen LogP contribution in [0.25, 0.3) is 5.52 Å². The van der Waals surface area contributed by atoms with Crippen molar-refractivity contribution in [3.05, 3.63) is 70.9 Å². The first kappa shape index (κ1) is 15.3. The molecule has 0 saturated heterocycles. The Hall–Kier alpha value is -2.93. The molecule has 0 spiro atoms. The van der Waals surface area contributed by atoms with Crippen LogP contribution in [0.5, 0.6) is 0 Å². The number of nitrogens with zero attached hydrogens (tertiary/aromatic N) is 6. The molecule has 1 atom stereocenters. The number of hydrogen-bond donors (Lipinski definition) is 1. The molecule has 0 radical (unpaired) electrons. The Morgan fingerprint density at radius 1 is 1.27 bits per heavy atom. The van der Waals surface area contributed by atoms with Crippen molar-refractivity contribution in [2.75, 3.05) is 11.4 Å². The van der Waals surface area contributed by atoms with Crippen molar-refractivity contribution in [1.82, 2.24) is 29.5 Å². The Bertz CT molecular complexity index is 1100. The molecule has 1 aliphatic rings. The highest BCUT2D eigenvalue weighted by Gasteiger charge is 2.34. The predicted octanol–water partition coefficient (Wildman–Crippen LogP) is 2.96. The van der Waals surface area contributed by atoms with E-state index in [2.05, 4.69) is 37.0 Å². The largest absolute Gasteiger partial charge is 0.348 e. The smallest absolute Gasteiger partial charge is 0.149 e. The summed E-state index contributed by atoms with van der Waals surface area (Å²) in [4.78, 5) is 18.7. The van der Waals surface area contributed by atoms with Crippen LogP contribution in [0.2, 0.25) is 5.15 Å². The van der Waals surface area contributed by atoms with Gasteiger partial charge in [-0.2, -0.15) is 5.10 Å². The minimum absolute atomic E-state index is 0.142. The molecule has 8 heteroatoms. The van der Waals surface area contributed by atoms with Gasteiger partial charge in [-0.15, -0.1) is 0 Å². The van der Waals surface area contributed by atoms with E-state index >= 15 is 0 Å². The Morgan fingerprint density at radius 2 is 2.19 bits per heavy atom. The monoisotopic (exact) mass is 365 g/mol. The summed E-state index contributed by atoms with van der Waals surface area (Å²) in [6.07, 6.45) is 5.87. The van der Waals surface area contributed by atoms with Gasteiger partial charge in [0.1, 0.15) is 17.0 Å². The Morgan fingerprint density at radius 3 is 3.04 bits per heavy atom. The third kappa shape index (κ3) is 2.35. The lowest BCUT2D eigenvalue weighted by atomic mass is 10.00. The van der Waals surface area contributed by atoms with E-state index in [9.17, 15) is 0 Å². The number of imidazole rings is 1. The van der Waals surface area contributed by atoms with Gasteiger partial charge in [-0.05, 0) is 25.1 Å². The average molecular weight is 366 g/mol. The molecule has 4 aromatic rings. The maximum Gasteiger partial charge on any atom is 0.149 e. The zero-order chi connectivity index (χ0) is 17.7. The zero-order valence-electron chi connectivity index (χ0n) is 14.1. The topological polar surface area (TPSA) is 75.0 Å². The molecule has 0 amide bonds. The van der Waals surface area contributed by atoms with Crippen LogP contribution in [-0.4, -0.2) is 36.1 Å². The SMILES string of the molecule is Cc1cccc2cc([C@@H]3c4nc[nH]c4CCN3c3cncc(Cl)n3)nn12. The van der Waals surface area contributed by atoms with E-state index in [4.69, 9.17) is 16.7 Å². The van der Waals surface area contributed by atoms with Gasteiger partial charge >= 0.3 is 0 Å². The number of H-pyrrole nitrogens is 1. The molecule has 26 heavy (non-hydrogen) atoms. The fourth-order valence-electron chi connectivity index (χ4n) is 3.60. The van der Waals surface area contributed by atoms with Crippen LogP contribution in [0.15, 0.2) is 43.0 Å². The molecule has 0 fully saturated rings. The number of pyridine rings is 1. The van der Waals surface area contributed by atoms with E-state index in [0.717, 1.165) is 47.1 Å². The van der Waals surface area contributed by atoms with Crippen LogP contribution in [0.3, 0.4) is 0 Å². The molecule has 5 rings (SSSR count). The lowest BCUT2D eigenvalue weighted by Gasteiger charge is -2.34. The normalized spacial score (nSPS) is 16.8. The van der Waals surface area contributed by atoms with E-state index in [0.29, 0.717) is 5.15 Å². The quantitative estimate of drug-likeness (QED) is 0.591. The molecular formula is C18H16ClN7. The number of rotatable bonds is 2. The van der Waals surface area contributed by atoms with Crippen LogP contribution in [-0.2, 0) is 6.42 Å². The number of aromatic nitrogens is 6. The summed E-state index contributed by atoms with van der Waals surface area (Å²) in [5.74, 6) is 0.727. The highest BCUT2D eigenvalue weighted by atomic mass is 35.5. The van der Waals surface area contributed by atoms with E-state index in [-0.39, 0.29) is 6.04 Å². The van der Waals surface area contributed by atoms with Crippen molar-refractivity contribution in [2.45, 2.75) is 19.4 Å². The lowest BCUT2D eigenvalue weighted by Crippen LogP contribution is -2.37. The van der Waals surface area contributed by atoms with Gasteiger partial charge in [-0.25, -0.2) is 14.5 Å². The fraction of sp³-hybridized carbons (Fsp3) is 0.222. The van der Waals surface area contributed by atoms with Crippen LogP contribution in [0.4, 0.5) is 5.82 Å². The Balaban J connectivity index is 1.69. The minimum Gasteiger partial charge on any atom is -0.348 e. The van der Waals surface area contributed by atoms with Gasteiger partial charge in [-0.3, -0.25) is 4.98 Å². The molecule has 0 saturated carbocycles. The molecular weight excluding hydrogens is 350 g/mol. The summed E-state index contributed by atoms with van der Waals surface area (Å²) in [6.45, 7) is 2.83. The number of hydrogen-bond acceptors (Lipinski definition) is 5. The van der Waals surface area contributed by atoms with Gasteiger partial charge in [0, 0.05) is 24.4 Å². The molecule has 4 aromatic heterocycles. The second-order valence-corrected chi connectivity index (χ2v) is 6.77. The first-order valence-electron chi connectivity index (χ1n) is 8.42. The number of halogens is 1. The van der Waals surface area contributed by atoms with Crippen molar-refractivity contribution in [3.8, 4) is 0 Å². The summed E-state index contributed by atoms with van der Waals surface area (Å²) >= 11 is 6.08. The van der Waals surface area contributed by atoms with Gasteiger partial charge in [0.15, 0.2) is 0 Å². The number of aryl methyl sites for hydroxylation is 1. The van der Waals surface area contributed by atoms with E-state index in [1.165, 1.54) is 6.20 Å². The first-order valence-corrected chi connectivity index (χ1v) is 8.80. The molecule has 1 N–H and O–H groups in total. The zero-order valence-corrected chi connectivity index (χ0v) is 14.9. The third-order valence-corrected chi connectivity index (χ3v) is 4.97. The molecule has 0 unspecified atom stereocenters. The first-order chi connectivity index (χ1) is 12.7. The fourth-order valence-corrected chi connectivity index (χ4v) is 3.74. The summed E-state index contributed by atoms with van der Waals surface area (Å²) in [5, 5.41) is 5.23. The van der Waals surface area contributed by atoms with Crippen LogP contribution in [0.1, 0.15) is 28.8 Å². The van der Waals surface area contributed by atoms with Crippen LogP contribution < -0.4 is 4.90 Å². The second kappa shape index (κ2) is 5.81. The maximum absolute atomic E-state index is 6.08. The van der Waals surface area contributed by atoms with Crippen LogP contribution in [0, 0.1) is 6.92 Å². The lowest BCUT2D eigenvalue weighted by molar-refractivity contribution is 0.608. The number of aromatic amines is 1. The highest BCUT2D eigenvalue weighted by Crippen LogP contribution is 2.36. The van der Waals surface area contributed by atoms with Crippen molar-refractivity contribution in [1.29, 1.82) is 0 Å². The van der Waals surface area contributed by atoms with Gasteiger partial charge in [0.2, 0.25) is 0 Å². The van der Waals surface area contributed by atoms with E-state index in [1.807, 2.05) is 23.6 Å². The third-order valence-electron chi connectivity index (χ3n) is 4.79. The number of anilines is 1. The van der Waals surface area contributed by atoms with E-state index in [1.54, 1.807) is 12.5 Å². The van der Waals surface area contributed by atoms with E-state index < -0.39 is 0 Å². The van der Waals surface area contributed by atoms with Crippen molar-refractivity contribution in [3.63, 3.8) is 0 Å². The minimum atomic E-state index is -0.142. The molecule has 7 nitrogen and oxygen atoms in total. The number of nitrogens with one attached hydrogen (secondary N) is 1. The highest BCUT2D eigenvalue weighted by molar-refractivity contribution is 6.29. The Kier molecular flexibility index (Phi) is 3.43. The standard InChI is InChI=1S/C18H16ClN7/c1-11-3-2-4-12-7-14(24-26(11)12)18-17-13(21-10-22-17)5-6-25(18)16-9-20-8-15(19)23-16/h2-4,7-10,18H,5-6H2,1H3,(H,21,22)/t18-/m1/s1. The molecule has 0 aromatic carbocycles. The number of fused-ring (bicyclic) bond motifs is 2. The molecule has 0 bridgehead atoms. The summed E-state index contributed by atoms with van der Waals surface area (Å²) in [6, 6.07) is 8.10. The van der Waals surface area contributed by atoms with Crippen LogP contribution >= 0.6 is 11.6 Å². The summed E-state index contributed by atoms with van der Waals surface area (Å²) < 4.78 is 1.96. The predicted molar refractivity (Wildman–Crippen MR) is 98.5 cm³/mol. The molecule has 130 valence electrons. The molecule has 5 heterocycles. The summed E-state index contributed by atoms with van der Waals surface area (Å²) in [5.41, 5.74) is 5.17. The van der Waals surface area contributed by atoms with Crippen molar-refractivity contribution in [2.24, 2.45) is 0 Å². The van der Waals surface area contributed by atoms with Gasteiger partial charge in [0.05, 0.1) is 35.6 Å². The molecule has 0 aliphatic carbocycles. The van der Waals surface area contributed by atoms with Gasteiger partial charge < -0.3 is 9.88 Å². The maximum atomic E-state index is 6.08. The van der Waals surface area contributed by atoms with Gasteiger partial charge in [0.25, 0.3) is 0 Å². The summed E-state index contributed by atoms with van der Waals surface area (Å²) in [7, 11) is 0. The Labute approximate surface area is 154 Å². The van der Waals surface area contributed by atoms with Gasteiger partial charge in [-0.1, -0.05) is 17.7 Å². The van der Waals surface area contributed by atoms with Crippen molar-refractivity contribution >= 4 is 22.9 Å².